The van der Waals surface area contributed by atoms with Gasteiger partial charge in [-0.2, -0.15) is 18.3 Å². The van der Waals surface area contributed by atoms with E-state index in [0.29, 0.717) is 17.0 Å². The third kappa shape index (κ3) is 3.37. The van der Waals surface area contributed by atoms with E-state index in [0.717, 1.165) is 6.07 Å². The van der Waals surface area contributed by atoms with Crippen LogP contribution in [0.1, 0.15) is 37.0 Å². The maximum atomic E-state index is 13.0. The van der Waals surface area contributed by atoms with Gasteiger partial charge in [-0.3, -0.25) is 14.3 Å². The standard InChI is InChI=1S/C16H14F3N5O2S/c1-6-4-9(16(17,18)19)21-15-10(6)11(12(27-15)13(20)25)22-14(26)8-5-24(3)23-7(8)2/h4-5H,1-3H3,(H2,20,25)(H,22,26). The third-order valence-electron chi connectivity index (χ3n) is 3.87. The summed E-state index contributed by atoms with van der Waals surface area (Å²) in [7, 11) is 1.64. The van der Waals surface area contributed by atoms with Gasteiger partial charge >= 0.3 is 6.18 Å². The maximum absolute atomic E-state index is 13.0. The van der Waals surface area contributed by atoms with Gasteiger partial charge in [0.15, 0.2) is 0 Å². The lowest BCUT2D eigenvalue weighted by atomic mass is 10.1. The molecule has 27 heavy (non-hydrogen) atoms. The van der Waals surface area contributed by atoms with E-state index >= 15 is 0 Å². The number of thiophene rings is 1. The molecule has 3 aromatic heterocycles. The zero-order chi connectivity index (χ0) is 20.1. The van der Waals surface area contributed by atoms with Crippen LogP contribution in [0.5, 0.6) is 0 Å². The average Bonchev–Trinajstić information content (AvgIpc) is 3.06. The van der Waals surface area contributed by atoms with E-state index in [4.69, 9.17) is 5.73 Å². The Bertz CT molecular complexity index is 1080. The number of hydrogen-bond donors (Lipinski definition) is 2. The van der Waals surface area contributed by atoms with Gasteiger partial charge in [0.1, 0.15) is 15.4 Å². The van der Waals surface area contributed by atoms with E-state index in [2.05, 4.69) is 15.4 Å². The predicted molar refractivity (Wildman–Crippen MR) is 93.8 cm³/mol. The Hall–Kier alpha value is -2.95. The number of pyridine rings is 1. The molecule has 0 aliphatic heterocycles. The van der Waals surface area contributed by atoms with Crippen LogP contribution < -0.4 is 11.1 Å². The van der Waals surface area contributed by atoms with Crippen LogP contribution in [0.15, 0.2) is 12.3 Å². The van der Waals surface area contributed by atoms with E-state index in [1.54, 1.807) is 14.0 Å². The fourth-order valence-corrected chi connectivity index (χ4v) is 3.78. The minimum Gasteiger partial charge on any atom is -0.365 e. The van der Waals surface area contributed by atoms with Crippen molar-refractivity contribution < 1.29 is 22.8 Å². The molecule has 0 aliphatic rings. The van der Waals surface area contributed by atoms with Gasteiger partial charge < -0.3 is 11.1 Å². The van der Waals surface area contributed by atoms with Crippen molar-refractivity contribution in [3.63, 3.8) is 0 Å². The molecule has 3 N–H and O–H groups in total. The Morgan fingerprint density at radius 1 is 1.30 bits per heavy atom. The zero-order valence-electron chi connectivity index (χ0n) is 14.4. The number of nitrogens with one attached hydrogen (secondary N) is 1. The van der Waals surface area contributed by atoms with Crippen molar-refractivity contribution in [2.75, 3.05) is 5.32 Å². The van der Waals surface area contributed by atoms with Gasteiger partial charge in [0, 0.05) is 18.6 Å². The Morgan fingerprint density at radius 2 is 1.96 bits per heavy atom. The molecule has 142 valence electrons. The fourth-order valence-electron chi connectivity index (χ4n) is 2.72. The number of rotatable bonds is 3. The van der Waals surface area contributed by atoms with Crippen molar-refractivity contribution in [2.24, 2.45) is 12.8 Å². The molecule has 0 saturated heterocycles. The highest BCUT2D eigenvalue weighted by Crippen LogP contribution is 2.39. The molecule has 0 saturated carbocycles. The summed E-state index contributed by atoms with van der Waals surface area (Å²) in [5.41, 5.74) is 5.27. The number of nitrogens with two attached hydrogens (primary N) is 1. The lowest BCUT2D eigenvalue weighted by molar-refractivity contribution is -0.141. The minimum absolute atomic E-state index is 0.0330. The molecule has 0 fully saturated rings. The number of alkyl halides is 3. The van der Waals surface area contributed by atoms with Crippen molar-refractivity contribution >= 4 is 39.1 Å². The van der Waals surface area contributed by atoms with Gasteiger partial charge in [0.25, 0.3) is 11.8 Å². The molecule has 7 nitrogen and oxygen atoms in total. The predicted octanol–water partition coefficient (Wildman–Crippen LogP) is 3.02. The molecule has 0 spiro atoms. The first-order chi connectivity index (χ1) is 12.5. The summed E-state index contributed by atoms with van der Waals surface area (Å²) in [5, 5.41) is 6.89. The molecule has 3 aromatic rings. The topological polar surface area (TPSA) is 103 Å². The highest BCUT2D eigenvalue weighted by Gasteiger charge is 2.34. The summed E-state index contributed by atoms with van der Waals surface area (Å²) >= 11 is 0.702. The summed E-state index contributed by atoms with van der Waals surface area (Å²) < 4.78 is 40.5. The number of hydrogen-bond acceptors (Lipinski definition) is 5. The Balaban J connectivity index is 2.16. The molecule has 0 aliphatic carbocycles. The molecular weight excluding hydrogens is 383 g/mol. The first-order valence-corrected chi connectivity index (χ1v) is 8.43. The number of carbonyl (C=O) groups is 2. The van der Waals surface area contributed by atoms with Crippen molar-refractivity contribution in [3.05, 3.63) is 39.7 Å². The molecule has 3 heterocycles. The van der Waals surface area contributed by atoms with E-state index < -0.39 is 23.7 Å². The van der Waals surface area contributed by atoms with Crippen molar-refractivity contribution in [2.45, 2.75) is 20.0 Å². The van der Waals surface area contributed by atoms with Crippen molar-refractivity contribution in [3.8, 4) is 0 Å². The number of aryl methyl sites for hydroxylation is 3. The van der Waals surface area contributed by atoms with Crippen LogP contribution in [0.3, 0.4) is 0 Å². The monoisotopic (exact) mass is 397 g/mol. The van der Waals surface area contributed by atoms with E-state index in [1.807, 2.05) is 0 Å². The second-order valence-electron chi connectivity index (χ2n) is 5.93. The number of nitrogens with zero attached hydrogens (tertiary/aromatic N) is 3. The number of anilines is 1. The quantitative estimate of drug-likeness (QED) is 0.709. The summed E-state index contributed by atoms with van der Waals surface area (Å²) in [6.45, 7) is 3.08. The fraction of sp³-hybridized carbons (Fsp3) is 0.250. The minimum atomic E-state index is -4.63. The molecule has 2 amide bonds. The summed E-state index contributed by atoms with van der Waals surface area (Å²) in [6, 6.07) is 0.866. The Kier molecular flexibility index (Phi) is 4.42. The summed E-state index contributed by atoms with van der Waals surface area (Å²) in [4.78, 5) is 27.9. The van der Waals surface area contributed by atoms with Crippen LogP contribution in [-0.4, -0.2) is 26.6 Å². The molecule has 0 radical (unpaired) electrons. The highest BCUT2D eigenvalue weighted by molar-refractivity contribution is 7.21. The smallest absolute Gasteiger partial charge is 0.365 e. The van der Waals surface area contributed by atoms with Crippen molar-refractivity contribution in [1.82, 2.24) is 14.8 Å². The SMILES string of the molecule is Cc1nn(C)cc1C(=O)Nc1c(C(N)=O)sc2nc(C(F)(F)F)cc(C)c12. The van der Waals surface area contributed by atoms with Crippen LogP contribution in [0.2, 0.25) is 0 Å². The molecule has 0 aromatic carbocycles. The molecule has 3 rings (SSSR count). The van der Waals surface area contributed by atoms with E-state index in [9.17, 15) is 22.8 Å². The average molecular weight is 397 g/mol. The van der Waals surface area contributed by atoms with Crippen LogP contribution in [0.25, 0.3) is 10.2 Å². The molecular formula is C16H14F3N5O2S. The van der Waals surface area contributed by atoms with Gasteiger partial charge in [-0.1, -0.05) is 0 Å². The second-order valence-corrected chi connectivity index (χ2v) is 6.93. The molecule has 0 unspecified atom stereocenters. The van der Waals surface area contributed by atoms with Gasteiger partial charge in [-0.25, -0.2) is 4.98 Å². The number of carbonyl (C=O) groups excluding carboxylic acids is 2. The van der Waals surface area contributed by atoms with Crippen LogP contribution >= 0.6 is 11.3 Å². The van der Waals surface area contributed by atoms with Gasteiger partial charge in [0.05, 0.1) is 16.9 Å². The number of halogens is 3. The molecule has 11 heteroatoms. The first kappa shape index (κ1) is 18.8. The second kappa shape index (κ2) is 6.34. The number of primary amides is 1. The zero-order valence-corrected chi connectivity index (χ0v) is 15.2. The third-order valence-corrected chi connectivity index (χ3v) is 4.97. The largest absolute Gasteiger partial charge is 0.433 e. The Morgan fingerprint density at radius 3 is 2.48 bits per heavy atom. The highest BCUT2D eigenvalue weighted by atomic mass is 32.1. The maximum Gasteiger partial charge on any atom is 0.433 e. The van der Waals surface area contributed by atoms with Crippen LogP contribution in [-0.2, 0) is 13.2 Å². The van der Waals surface area contributed by atoms with Crippen LogP contribution in [0, 0.1) is 13.8 Å². The first-order valence-electron chi connectivity index (χ1n) is 7.61. The number of amides is 2. The Labute approximate surface area is 155 Å². The summed E-state index contributed by atoms with van der Waals surface area (Å²) in [5.74, 6) is -1.42. The summed E-state index contributed by atoms with van der Waals surface area (Å²) in [6.07, 6.45) is -3.14. The lowest BCUT2D eigenvalue weighted by Gasteiger charge is -2.09. The number of aromatic nitrogens is 3. The van der Waals surface area contributed by atoms with Gasteiger partial charge in [0.2, 0.25) is 0 Å². The van der Waals surface area contributed by atoms with E-state index in [1.165, 1.54) is 17.8 Å². The van der Waals surface area contributed by atoms with E-state index in [-0.39, 0.29) is 31.9 Å². The van der Waals surface area contributed by atoms with Gasteiger partial charge in [-0.15, -0.1) is 11.3 Å². The molecule has 0 bridgehead atoms. The lowest BCUT2D eigenvalue weighted by Crippen LogP contribution is -2.17. The normalized spacial score (nSPS) is 11.8. The molecule has 0 atom stereocenters. The van der Waals surface area contributed by atoms with Crippen molar-refractivity contribution in [1.29, 1.82) is 0 Å². The van der Waals surface area contributed by atoms with Crippen LogP contribution in [0.4, 0.5) is 18.9 Å². The number of fused-ring (bicyclic) bond motifs is 1. The van der Waals surface area contributed by atoms with Gasteiger partial charge in [-0.05, 0) is 25.5 Å².